The molecule has 0 aromatic carbocycles. The molecule has 0 amide bonds. The SMILES string of the molecule is CCC(C)CCCCCCCCCCCCCCCCC(=O)OC[C@@H](COC(=O)CCCCCCCCCCCC(C)C)OC(=O)CCCCCCCCCC(C)C. The molecule has 0 spiro atoms. The van der Waals surface area contributed by atoms with Crippen LogP contribution in [0.25, 0.3) is 0 Å². The Labute approximate surface area is 361 Å². The summed E-state index contributed by atoms with van der Waals surface area (Å²) in [5, 5.41) is 0. The first-order valence-corrected chi connectivity index (χ1v) is 25.6. The standard InChI is InChI=1S/C52H100O6/c1-7-48(6)40-34-28-22-16-12-10-8-9-11-13-17-23-29-35-41-50(53)56-44-49(58-52(55)43-37-31-25-19-21-27-33-39-47(4)5)45-57-51(54)42-36-30-24-18-14-15-20-26-32-38-46(2)3/h46-49H,7-45H2,1-6H3/t48?,49-/m0/s1. The maximum Gasteiger partial charge on any atom is 0.306 e. The fourth-order valence-electron chi connectivity index (χ4n) is 7.73. The summed E-state index contributed by atoms with van der Waals surface area (Å²) < 4.78 is 16.8. The quantitative estimate of drug-likeness (QED) is 0.0346. The van der Waals surface area contributed by atoms with Gasteiger partial charge in [-0.1, -0.05) is 241 Å². The number of ether oxygens (including phenoxy) is 3. The molecule has 0 N–H and O–H groups in total. The molecule has 0 bridgehead atoms. The summed E-state index contributed by atoms with van der Waals surface area (Å²) in [5.41, 5.74) is 0. The summed E-state index contributed by atoms with van der Waals surface area (Å²) in [6, 6.07) is 0. The summed E-state index contributed by atoms with van der Waals surface area (Å²) in [5.74, 6) is 1.62. The molecule has 6 heteroatoms. The third kappa shape index (κ3) is 44.0. The van der Waals surface area contributed by atoms with Gasteiger partial charge in [-0.15, -0.1) is 0 Å². The number of hydrogen-bond donors (Lipinski definition) is 0. The first-order valence-electron chi connectivity index (χ1n) is 25.6. The molecule has 58 heavy (non-hydrogen) atoms. The highest BCUT2D eigenvalue weighted by Crippen LogP contribution is 2.18. The number of hydrogen-bond acceptors (Lipinski definition) is 6. The van der Waals surface area contributed by atoms with Crippen LogP contribution in [0.5, 0.6) is 0 Å². The summed E-state index contributed by atoms with van der Waals surface area (Å²) in [7, 11) is 0. The molecule has 0 radical (unpaired) electrons. The van der Waals surface area contributed by atoms with Gasteiger partial charge in [-0.25, -0.2) is 0 Å². The maximum absolute atomic E-state index is 12.7. The van der Waals surface area contributed by atoms with Crippen molar-refractivity contribution in [2.24, 2.45) is 17.8 Å². The number of carbonyl (C=O) groups excluding carboxylic acids is 3. The normalized spacial score (nSPS) is 12.6. The lowest BCUT2D eigenvalue weighted by Crippen LogP contribution is -2.30. The van der Waals surface area contributed by atoms with Crippen LogP contribution in [-0.2, 0) is 28.6 Å². The van der Waals surface area contributed by atoms with Crippen molar-refractivity contribution in [1.82, 2.24) is 0 Å². The van der Waals surface area contributed by atoms with Crippen LogP contribution in [-0.4, -0.2) is 37.2 Å². The van der Waals surface area contributed by atoms with Crippen molar-refractivity contribution in [2.45, 2.75) is 285 Å². The smallest absolute Gasteiger partial charge is 0.306 e. The Hall–Kier alpha value is -1.59. The molecule has 0 saturated heterocycles. The van der Waals surface area contributed by atoms with Crippen LogP contribution < -0.4 is 0 Å². The van der Waals surface area contributed by atoms with E-state index >= 15 is 0 Å². The van der Waals surface area contributed by atoms with Gasteiger partial charge in [-0.05, 0) is 37.0 Å². The van der Waals surface area contributed by atoms with Crippen LogP contribution in [0.2, 0.25) is 0 Å². The molecule has 0 heterocycles. The molecule has 344 valence electrons. The zero-order valence-corrected chi connectivity index (χ0v) is 39.8. The van der Waals surface area contributed by atoms with Gasteiger partial charge in [0.25, 0.3) is 0 Å². The number of carbonyl (C=O) groups is 3. The van der Waals surface area contributed by atoms with Crippen LogP contribution in [0.1, 0.15) is 279 Å². The highest BCUT2D eigenvalue weighted by molar-refractivity contribution is 5.71. The summed E-state index contributed by atoms with van der Waals surface area (Å²) in [6.07, 6.45) is 42.4. The van der Waals surface area contributed by atoms with Crippen LogP contribution in [0.3, 0.4) is 0 Å². The van der Waals surface area contributed by atoms with Crippen molar-refractivity contribution < 1.29 is 28.6 Å². The average molecular weight is 821 g/mol. The predicted octanol–water partition coefficient (Wildman–Crippen LogP) is 16.4. The molecule has 0 rings (SSSR count). The van der Waals surface area contributed by atoms with Gasteiger partial charge in [-0.3, -0.25) is 14.4 Å². The second-order valence-electron chi connectivity index (χ2n) is 19.0. The summed E-state index contributed by atoms with van der Waals surface area (Å²) in [6.45, 7) is 13.7. The third-order valence-electron chi connectivity index (χ3n) is 12.0. The van der Waals surface area contributed by atoms with E-state index in [1.54, 1.807) is 0 Å². The lowest BCUT2D eigenvalue weighted by atomic mass is 9.99. The lowest BCUT2D eigenvalue weighted by molar-refractivity contribution is -0.167. The van der Waals surface area contributed by atoms with E-state index in [-0.39, 0.29) is 31.1 Å². The molecule has 0 aliphatic carbocycles. The highest BCUT2D eigenvalue weighted by atomic mass is 16.6. The van der Waals surface area contributed by atoms with E-state index in [1.807, 2.05) is 0 Å². The molecule has 6 nitrogen and oxygen atoms in total. The van der Waals surface area contributed by atoms with Crippen molar-refractivity contribution in [3.05, 3.63) is 0 Å². The highest BCUT2D eigenvalue weighted by Gasteiger charge is 2.19. The van der Waals surface area contributed by atoms with E-state index in [4.69, 9.17) is 14.2 Å². The Morgan fingerprint density at radius 3 is 0.897 bits per heavy atom. The van der Waals surface area contributed by atoms with Crippen molar-refractivity contribution >= 4 is 17.9 Å². The topological polar surface area (TPSA) is 78.9 Å². The zero-order valence-electron chi connectivity index (χ0n) is 39.8. The van der Waals surface area contributed by atoms with Crippen molar-refractivity contribution in [3.63, 3.8) is 0 Å². The van der Waals surface area contributed by atoms with Crippen LogP contribution >= 0.6 is 0 Å². The lowest BCUT2D eigenvalue weighted by Gasteiger charge is -2.18. The predicted molar refractivity (Wildman–Crippen MR) is 247 cm³/mol. The largest absolute Gasteiger partial charge is 0.462 e. The second kappa shape index (κ2) is 43.5. The van der Waals surface area contributed by atoms with Gasteiger partial charge < -0.3 is 14.2 Å². The second-order valence-corrected chi connectivity index (χ2v) is 19.0. The van der Waals surface area contributed by atoms with Gasteiger partial charge in [0.2, 0.25) is 0 Å². The summed E-state index contributed by atoms with van der Waals surface area (Å²) >= 11 is 0. The first kappa shape index (κ1) is 56.4. The first-order chi connectivity index (χ1) is 28.1. The molecule has 2 atom stereocenters. The molecule has 1 unspecified atom stereocenters. The minimum absolute atomic E-state index is 0.0655. The minimum Gasteiger partial charge on any atom is -0.462 e. The van der Waals surface area contributed by atoms with Gasteiger partial charge in [0, 0.05) is 19.3 Å². The van der Waals surface area contributed by atoms with Crippen LogP contribution in [0, 0.1) is 17.8 Å². The molecular weight excluding hydrogens is 721 g/mol. The van der Waals surface area contributed by atoms with E-state index in [9.17, 15) is 14.4 Å². The minimum atomic E-state index is -0.763. The van der Waals surface area contributed by atoms with Crippen molar-refractivity contribution in [3.8, 4) is 0 Å². The average Bonchev–Trinajstić information content (AvgIpc) is 3.19. The summed E-state index contributed by atoms with van der Waals surface area (Å²) in [4.78, 5) is 37.9. The van der Waals surface area contributed by atoms with Crippen LogP contribution in [0.15, 0.2) is 0 Å². The van der Waals surface area contributed by atoms with Gasteiger partial charge in [0.1, 0.15) is 13.2 Å². The molecule has 0 saturated carbocycles. The van der Waals surface area contributed by atoms with Gasteiger partial charge >= 0.3 is 17.9 Å². The number of esters is 3. The molecule has 0 aliphatic heterocycles. The molecule has 0 aromatic rings. The van der Waals surface area contributed by atoms with Crippen LogP contribution in [0.4, 0.5) is 0 Å². The third-order valence-corrected chi connectivity index (χ3v) is 12.0. The number of rotatable bonds is 45. The molecule has 0 aromatic heterocycles. The molecular formula is C52H100O6. The van der Waals surface area contributed by atoms with Gasteiger partial charge in [0.05, 0.1) is 0 Å². The van der Waals surface area contributed by atoms with E-state index in [0.717, 1.165) is 75.5 Å². The maximum atomic E-state index is 12.7. The monoisotopic (exact) mass is 821 g/mol. The van der Waals surface area contributed by atoms with Gasteiger partial charge in [0.15, 0.2) is 6.10 Å². The Morgan fingerprint density at radius 2 is 0.603 bits per heavy atom. The van der Waals surface area contributed by atoms with E-state index < -0.39 is 6.10 Å². The van der Waals surface area contributed by atoms with E-state index in [2.05, 4.69) is 41.5 Å². The number of unbranched alkanes of at least 4 members (excludes halogenated alkanes) is 27. The zero-order chi connectivity index (χ0) is 42.7. The fourth-order valence-corrected chi connectivity index (χ4v) is 7.73. The Bertz CT molecular complexity index is 900. The van der Waals surface area contributed by atoms with Crippen molar-refractivity contribution in [2.75, 3.05) is 13.2 Å². The Kier molecular flexibility index (Phi) is 42.3. The Morgan fingerprint density at radius 1 is 0.345 bits per heavy atom. The molecule has 0 fully saturated rings. The fraction of sp³-hybridized carbons (Fsp3) is 0.942. The van der Waals surface area contributed by atoms with Crippen molar-refractivity contribution in [1.29, 1.82) is 0 Å². The van der Waals surface area contributed by atoms with Gasteiger partial charge in [-0.2, -0.15) is 0 Å². The molecule has 0 aliphatic rings. The Balaban J connectivity index is 4.26. The van der Waals surface area contributed by atoms with E-state index in [1.165, 1.54) is 161 Å². The van der Waals surface area contributed by atoms with E-state index in [0.29, 0.717) is 19.3 Å².